The average molecular weight is 565 g/mol. The number of aryl methyl sites for hydroxylation is 4. The number of ether oxygens (including phenoxy) is 2. The molecule has 1 saturated heterocycles. The molecule has 0 bridgehead atoms. The van der Waals surface area contributed by atoms with Crippen LogP contribution < -0.4 is 9.47 Å². The molecule has 2 amide bonds. The van der Waals surface area contributed by atoms with Crippen molar-refractivity contribution >= 4 is 11.8 Å². The zero-order valence-corrected chi connectivity index (χ0v) is 26.8. The summed E-state index contributed by atoms with van der Waals surface area (Å²) in [6, 6.07) is 12.5. The molecule has 1 heterocycles. The average Bonchev–Trinajstić information content (AvgIpc) is 3.18. The van der Waals surface area contributed by atoms with E-state index in [4.69, 9.17) is 9.47 Å². The van der Waals surface area contributed by atoms with E-state index < -0.39 is 10.8 Å². The Balaban J connectivity index is 1.44. The number of hydrogen-bond acceptors (Lipinski definition) is 4. The lowest BCUT2D eigenvalue weighted by Crippen LogP contribution is -2.45. The summed E-state index contributed by atoms with van der Waals surface area (Å²) in [6.45, 7) is 20.1. The number of rotatable bonds is 12. The fourth-order valence-electron chi connectivity index (χ4n) is 5.51. The molecule has 0 atom stereocenters. The van der Waals surface area contributed by atoms with Crippen LogP contribution >= 0.6 is 0 Å². The van der Waals surface area contributed by atoms with Crippen molar-refractivity contribution in [2.24, 2.45) is 10.8 Å². The minimum absolute atomic E-state index is 0.168. The molecule has 0 saturated carbocycles. The molecule has 0 radical (unpaired) electrons. The first kappa shape index (κ1) is 32.5. The van der Waals surface area contributed by atoms with Crippen LogP contribution in [0.4, 0.5) is 0 Å². The van der Waals surface area contributed by atoms with Gasteiger partial charge in [0.05, 0.1) is 13.2 Å². The van der Waals surface area contributed by atoms with E-state index >= 15 is 0 Å². The summed E-state index contributed by atoms with van der Waals surface area (Å²) < 4.78 is 12.0. The molecule has 0 spiro atoms. The molecular weight excluding hydrogens is 512 g/mol. The second-order valence-electron chi connectivity index (χ2n) is 13.1. The first-order chi connectivity index (χ1) is 19.3. The fraction of sp³-hybridized carbons (Fsp3) is 0.600. The normalized spacial score (nSPS) is 14.5. The van der Waals surface area contributed by atoms with E-state index in [0.29, 0.717) is 39.4 Å². The second kappa shape index (κ2) is 14.2. The van der Waals surface area contributed by atoms with Crippen molar-refractivity contribution in [2.75, 3.05) is 39.4 Å². The van der Waals surface area contributed by atoms with E-state index in [1.807, 2.05) is 37.5 Å². The molecule has 1 aliphatic heterocycles. The van der Waals surface area contributed by atoms with Crippen LogP contribution in [-0.2, 0) is 9.59 Å². The maximum absolute atomic E-state index is 13.5. The predicted molar refractivity (Wildman–Crippen MR) is 167 cm³/mol. The molecule has 0 unspecified atom stereocenters. The Labute approximate surface area is 248 Å². The van der Waals surface area contributed by atoms with Crippen LogP contribution in [-0.4, -0.2) is 61.0 Å². The Morgan fingerprint density at radius 2 is 1.05 bits per heavy atom. The molecule has 0 N–H and O–H groups in total. The van der Waals surface area contributed by atoms with Gasteiger partial charge in [0, 0.05) is 37.0 Å². The predicted octanol–water partition coefficient (Wildman–Crippen LogP) is 7.05. The van der Waals surface area contributed by atoms with Crippen molar-refractivity contribution in [2.45, 2.75) is 87.5 Å². The Morgan fingerprint density at radius 3 is 1.44 bits per heavy atom. The summed E-state index contributed by atoms with van der Waals surface area (Å²) >= 11 is 0. The fourth-order valence-corrected chi connectivity index (χ4v) is 5.51. The quantitative estimate of drug-likeness (QED) is 0.259. The molecule has 6 nitrogen and oxygen atoms in total. The molecule has 1 aliphatic rings. The van der Waals surface area contributed by atoms with Gasteiger partial charge >= 0.3 is 0 Å². The topological polar surface area (TPSA) is 59.1 Å². The first-order valence-corrected chi connectivity index (χ1v) is 15.3. The van der Waals surface area contributed by atoms with Crippen molar-refractivity contribution in [3.63, 3.8) is 0 Å². The highest BCUT2D eigenvalue weighted by atomic mass is 16.5. The van der Waals surface area contributed by atoms with Gasteiger partial charge in [-0.25, -0.2) is 0 Å². The van der Waals surface area contributed by atoms with E-state index in [2.05, 4.69) is 64.1 Å². The van der Waals surface area contributed by atoms with E-state index in [1.54, 1.807) is 0 Å². The van der Waals surface area contributed by atoms with E-state index in [1.165, 1.54) is 11.1 Å². The second-order valence-corrected chi connectivity index (χ2v) is 13.1. The highest BCUT2D eigenvalue weighted by molar-refractivity contribution is 5.83. The smallest absolute Gasteiger partial charge is 0.228 e. The number of carbonyl (C=O) groups excluding carboxylic acids is 2. The minimum Gasteiger partial charge on any atom is -0.493 e. The Kier molecular flexibility index (Phi) is 11.3. The molecule has 2 aromatic carbocycles. The molecule has 3 rings (SSSR count). The van der Waals surface area contributed by atoms with Crippen LogP contribution in [0.5, 0.6) is 11.5 Å². The standard InChI is InChI=1S/C35H52N2O4/c1-26-12-14-28(3)30(24-26)40-22-9-16-34(5,6)32(38)36-18-11-19-37(21-20-36)33(39)35(7,8)17-10-23-41-31-25-27(2)13-15-29(31)4/h12-15,24-25H,9-11,16-23H2,1-8H3. The summed E-state index contributed by atoms with van der Waals surface area (Å²) in [7, 11) is 0. The van der Waals surface area contributed by atoms with Gasteiger partial charge in [0.15, 0.2) is 0 Å². The van der Waals surface area contributed by atoms with Gasteiger partial charge in [-0.15, -0.1) is 0 Å². The van der Waals surface area contributed by atoms with Gasteiger partial charge in [-0.05, 0) is 94.2 Å². The van der Waals surface area contributed by atoms with Crippen molar-refractivity contribution in [1.29, 1.82) is 0 Å². The molecule has 0 aromatic heterocycles. The van der Waals surface area contributed by atoms with Crippen molar-refractivity contribution in [3.05, 3.63) is 58.7 Å². The van der Waals surface area contributed by atoms with Crippen molar-refractivity contribution in [1.82, 2.24) is 9.80 Å². The number of nitrogens with zero attached hydrogens (tertiary/aromatic N) is 2. The van der Waals surface area contributed by atoms with Crippen molar-refractivity contribution < 1.29 is 19.1 Å². The zero-order valence-electron chi connectivity index (χ0n) is 26.8. The number of hydrogen-bond donors (Lipinski definition) is 0. The van der Waals surface area contributed by atoms with E-state index in [0.717, 1.165) is 54.7 Å². The Morgan fingerprint density at radius 1 is 0.659 bits per heavy atom. The maximum atomic E-state index is 13.5. The lowest BCUT2D eigenvalue weighted by molar-refractivity contribution is -0.143. The zero-order chi connectivity index (χ0) is 30.2. The summed E-state index contributed by atoms with van der Waals surface area (Å²) in [5, 5.41) is 0. The number of benzene rings is 2. The Bertz CT molecular complexity index is 1100. The molecule has 6 heteroatoms. The van der Waals surface area contributed by atoms with Crippen molar-refractivity contribution in [3.8, 4) is 11.5 Å². The highest BCUT2D eigenvalue weighted by Crippen LogP contribution is 2.29. The van der Waals surface area contributed by atoms with Gasteiger partial charge < -0.3 is 19.3 Å². The summed E-state index contributed by atoms with van der Waals surface area (Å²) in [5.74, 6) is 2.18. The lowest BCUT2D eigenvalue weighted by Gasteiger charge is -2.33. The van der Waals surface area contributed by atoms with E-state index in [-0.39, 0.29) is 11.8 Å². The maximum Gasteiger partial charge on any atom is 0.228 e. The van der Waals surface area contributed by atoms with Gasteiger partial charge in [-0.3, -0.25) is 9.59 Å². The molecule has 41 heavy (non-hydrogen) atoms. The third-order valence-electron chi connectivity index (χ3n) is 8.32. The molecule has 1 fully saturated rings. The van der Waals surface area contributed by atoms with Gasteiger partial charge in [0.25, 0.3) is 0 Å². The third kappa shape index (κ3) is 9.24. The largest absolute Gasteiger partial charge is 0.493 e. The molecule has 0 aliphatic carbocycles. The summed E-state index contributed by atoms with van der Waals surface area (Å²) in [6.07, 6.45) is 3.94. The van der Waals surface area contributed by atoms with Gasteiger partial charge in [0.1, 0.15) is 11.5 Å². The van der Waals surface area contributed by atoms with Crippen LogP contribution in [0.15, 0.2) is 36.4 Å². The van der Waals surface area contributed by atoms with Crippen LogP contribution in [0.25, 0.3) is 0 Å². The minimum atomic E-state index is -0.473. The molecule has 2 aromatic rings. The van der Waals surface area contributed by atoms with E-state index in [9.17, 15) is 9.59 Å². The van der Waals surface area contributed by atoms with Gasteiger partial charge in [-0.2, -0.15) is 0 Å². The summed E-state index contributed by atoms with van der Waals surface area (Å²) in [4.78, 5) is 31.0. The first-order valence-electron chi connectivity index (χ1n) is 15.3. The lowest BCUT2D eigenvalue weighted by atomic mass is 9.86. The summed E-state index contributed by atoms with van der Waals surface area (Å²) in [5.41, 5.74) is 3.67. The Hall–Kier alpha value is -3.02. The monoisotopic (exact) mass is 564 g/mol. The highest BCUT2D eigenvalue weighted by Gasteiger charge is 2.36. The number of amides is 2. The SMILES string of the molecule is Cc1ccc(C)c(OCCCC(C)(C)C(=O)N2CCCN(C(=O)C(C)(C)CCCOc3cc(C)ccc3C)CC2)c1. The van der Waals surface area contributed by atoms with Crippen LogP contribution in [0.1, 0.15) is 82.1 Å². The third-order valence-corrected chi connectivity index (χ3v) is 8.32. The molecule has 226 valence electrons. The molecular formula is C35H52N2O4. The van der Waals surface area contributed by atoms with Crippen LogP contribution in [0.3, 0.4) is 0 Å². The van der Waals surface area contributed by atoms with Gasteiger partial charge in [-0.1, -0.05) is 52.0 Å². The van der Waals surface area contributed by atoms with Crippen LogP contribution in [0.2, 0.25) is 0 Å². The number of carbonyl (C=O) groups is 2. The van der Waals surface area contributed by atoms with Gasteiger partial charge in [0.2, 0.25) is 11.8 Å². The van der Waals surface area contributed by atoms with Crippen LogP contribution in [0, 0.1) is 38.5 Å².